The SMILES string of the molecule is CS/C=C/CC/C(C)=C/CCC(C)C. The Morgan fingerprint density at radius 1 is 1.29 bits per heavy atom. The predicted octanol–water partition coefficient (Wildman–Crippen LogP) is 5.03. The molecular formula is C13H24S. The fourth-order valence-electron chi connectivity index (χ4n) is 1.24. The van der Waals surface area contributed by atoms with Crippen molar-refractivity contribution >= 4 is 11.8 Å². The molecule has 0 radical (unpaired) electrons. The molecule has 0 saturated heterocycles. The largest absolute Gasteiger partial charge is 0.138 e. The molecule has 0 saturated carbocycles. The Hall–Kier alpha value is -0.170. The van der Waals surface area contributed by atoms with Gasteiger partial charge in [-0.25, -0.2) is 0 Å². The van der Waals surface area contributed by atoms with Crippen LogP contribution in [0.25, 0.3) is 0 Å². The lowest BCUT2D eigenvalue weighted by Crippen LogP contribution is -1.85. The summed E-state index contributed by atoms with van der Waals surface area (Å²) in [4.78, 5) is 0. The second-order valence-electron chi connectivity index (χ2n) is 4.17. The quantitative estimate of drug-likeness (QED) is 0.534. The van der Waals surface area contributed by atoms with Crippen molar-refractivity contribution in [1.29, 1.82) is 0 Å². The number of thioether (sulfide) groups is 1. The Bertz CT molecular complexity index is 178. The van der Waals surface area contributed by atoms with Crippen LogP contribution in [0.3, 0.4) is 0 Å². The van der Waals surface area contributed by atoms with Crippen molar-refractivity contribution in [3.63, 3.8) is 0 Å². The van der Waals surface area contributed by atoms with Crippen LogP contribution in [0.5, 0.6) is 0 Å². The lowest BCUT2D eigenvalue weighted by molar-refractivity contribution is 0.592. The van der Waals surface area contributed by atoms with Crippen molar-refractivity contribution in [3.05, 3.63) is 23.1 Å². The monoisotopic (exact) mass is 212 g/mol. The molecule has 0 fully saturated rings. The summed E-state index contributed by atoms with van der Waals surface area (Å²) in [6.07, 6.45) is 11.7. The van der Waals surface area contributed by atoms with Gasteiger partial charge >= 0.3 is 0 Å². The fraction of sp³-hybridized carbons (Fsp3) is 0.692. The Kier molecular flexibility index (Phi) is 9.27. The van der Waals surface area contributed by atoms with E-state index in [0.29, 0.717) is 0 Å². The number of hydrogen-bond donors (Lipinski definition) is 0. The highest BCUT2D eigenvalue weighted by Gasteiger charge is 1.92. The van der Waals surface area contributed by atoms with Gasteiger partial charge in [0.1, 0.15) is 0 Å². The summed E-state index contributed by atoms with van der Waals surface area (Å²) in [6, 6.07) is 0. The van der Waals surface area contributed by atoms with E-state index in [0.717, 1.165) is 5.92 Å². The van der Waals surface area contributed by atoms with Gasteiger partial charge < -0.3 is 0 Å². The molecule has 0 aromatic rings. The summed E-state index contributed by atoms with van der Waals surface area (Å²) < 4.78 is 0. The average molecular weight is 212 g/mol. The smallest absolute Gasteiger partial charge is 0.0142 e. The summed E-state index contributed by atoms with van der Waals surface area (Å²) in [5.41, 5.74) is 1.54. The van der Waals surface area contributed by atoms with E-state index in [9.17, 15) is 0 Å². The topological polar surface area (TPSA) is 0 Å². The molecule has 0 spiro atoms. The van der Waals surface area contributed by atoms with Crippen molar-refractivity contribution < 1.29 is 0 Å². The van der Waals surface area contributed by atoms with Crippen LogP contribution >= 0.6 is 11.8 Å². The molecule has 1 heteroatoms. The molecule has 82 valence electrons. The zero-order valence-electron chi connectivity index (χ0n) is 10.0. The molecule has 0 atom stereocenters. The predicted molar refractivity (Wildman–Crippen MR) is 69.7 cm³/mol. The Morgan fingerprint density at radius 3 is 2.57 bits per heavy atom. The minimum Gasteiger partial charge on any atom is -0.138 e. The maximum absolute atomic E-state index is 2.40. The Balaban J connectivity index is 3.51. The van der Waals surface area contributed by atoms with Gasteiger partial charge in [-0.2, -0.15) is 0 Å². The summed E-state index contributed by atoms with van der Waals surface area (Å²) >= 11 is 1.78. The molecule has 0 aromatic carbocycles. The van der Waals surface area contributed by atoms with E-state index in [1.54, 1.807) is 11.8 Å². The summed E-state index contributed by atoms with van der Waals surface area (Å²) in [6.45, 7) is 6.81. The van der Waals surface area contributed by atoms with Crippen LogP contribution in [0.2, 0.25) is 0 Å². The highest BCUT2D eigenvalue weighted by molar-refractivity contribution is 8.01. The molecule has 0 rings (SSSR count). The van der Waals surface area contributed by atoms with E-state index in [2.05, 4.69) is 44.6 Å². The van der Waals surface area contributed by atoms with E-state index >= 15 is 0 Å². The highest BCUT2D eigenvalue weighted by Crippen LogP contribution is 2.10. The zero-order chi connectivity index (χ0) is 10.8. The lowest BCUT2D eigenvalue weighted by atomic mass is 10.1. The first-order chi connectivity index (χ1) is 6.66. The third-order valence-corrected chi connectivity index (χ3v) is 2.64. The van der Waals surface area contributed by atoms with Crippen molar-refractivity contribution in [2.75, 3.05) is 6.26 Å². The van der Waals surface area contributed by atoms with Crippen molar-refractivity contribution in [2.45, 2.75) is 46.5 Å². The molecule has 0 bridgehead atoms. The number of hydrogen-bond acceptors (Lipinski definition) is 1. The van der Waals surface area contributed by atoms with Gasteiger partial charge in [0, 0.05) is 0 Å². The molecule has 0 aliphatic rings. The van der Waals surface area contributed by atoms with Gasteiger partial charge in [0.25, 0.3) is 0 Å². The van der Waals surface area contributed by atoms with Gasteiger partial charge in [0.2, 0.25) is 0 Å². The minimum absolute atomic E-state index is 0.829. The summed E-state index contributed by atoms with van der Waals surface area (Å²) in [5, 5.41) is 2.17. The maximum atomic E-state index is 2.40. The highest BCUT2D eigenvalue weighted by atomic mass is 32.2. The molecule has 0 aromatic heterocycles. The van der Waals surface area contributed by atoms with Gasteiger partial charge in [0.05, 0.1) is 0 Å². The van der Waals surface area contributed by atoms with Crippen molar-refractivity contribution in [3.8, 4) is 0 Å². The van der Waals surface area contributed by atoms with Crippen LogP contribution in [0.4, 0.5) is 0 Å². The van der Waals surface area contributed by atoms with Crippen LogP contribution in [0.15, 0.2) is 23.1 Å². The molecule has 0 heterocycles. The minimum atomic E-state index is 0.829. The fourth-order valence-corrected chi connectivity index (χ4v) is 1.57. The van der Waals surface area contributed by atoms with Crippen LogP contribution in [0, 0.1) is 5.92 Å². The number of rotatable bonds is 7. The first-order valence-electron chi connectivity index (χ1n) is 5.50. The number of allylic oxidation sites excluding steroid dienone is 3. The van der Waals surface area contributed by atoms with E-state index in [1.165, 1.54) is 31.3 Å². The molecule has 0 aliphatic carbocycles. The van der Waals surface area contributed by atoms with Gasteiger partial charge in [-0.05, 0) is 50.2 Å². The normalized spacial score (nSPS) is 13.1. The molecular weight excluding hydrogens is 188 g/mol. The molecule has 14 heavy (non-hydrogen) atoms. The summed E-state index contributed by atoms with van der Waals surface area (Å²) in [5.74, 6) is 0.829. The summed E-state index contributed by atoms with van der Waals surface area (Å²) in [7, 11) is 0. The Labute approximate surface area is 93.9 Å². The van der Waals surface area contributed by atoms with E-state index in [-0.39, 0.29) is 0 Å². The molecule has 0 aliphatic heterocycles. The third kappa shape index (κ3) is 9.91. The Morgan fingerprint density at radius 2 is 2.00 bits per heavy atom. The second kappa shape index (κ2) is 9.39. The van der Waals surface area contributed by atoms with Crippen LogP contribution < -0.4 is 0 Å². The standard InChI is InChI=1S/C13H24S/c1-12(2)8-7-10-13(3)9-5-6-11-14-4/h6,10-12H,5,7-9H2,1-4H3/b11-6+,13-10+. The third-order valence-electron chi connectivity index (χ3n) is 2.17. The van der Waals surface area contributed by atoms with Gasteiger partial charge in [-0.1, -0.05) is 31.6 Å². The van der Waals surface area contributed by atoms with E-state index < -0.39 is 0 Å². The van der Waals surface area contributed by atoms with Crippen LogP contribution in [0.1, 0.15) is 46.5 Å². The second-order valence-corrected chi connectivity index (χ2v) is 4.91. The lowest BCUT2D eigenvalue weighted by Gasteiger charge is -2.02. The first kappa shape index (κ1) is 13.8. The van der Waals surface area contributed by atoms with Gasteiger partial charge in [-0.3, -0.25) is 0 Å². The van der Waals surface area contributed by atoms with Gasteiger partial charge in [0.15, 0.2) is 0 Å². The van der Waals surface area contributed by atoms with Crippen LogP contribution in [-0.2, 0) is 0 Å². The van der Waals surface area contributed by atoms with Gasteiger partial charge in [-0.15, -0.1) is 11.8 Å². The molecule has 0 N–H and O–H groups in total. The first-order valence-corrected chi connectivity index (χ1v) is 6.79. The zero-order valence-corrected chi connectivity index (χ0v) is 10.9. The van der Waals surface area contributed by atoms with Crippen molar-refractivity contribution in [1.82, 2.24) is 0 Å². The maximum Gasteiger partial charge on any atom is -0.0142 e. The van der Waals surface area contributed by atoms with Crippen molar-refractivity contribution in [2.24, 2.45) is 5.92 Å². The van der Waals surface area contributed by atoms with E-state index in [4.69, 9.17) is 0 Å². The molecule has 0 amide bonds. The molecule has 0 nitrogen and oxygen atoms in total. The van der Waals surface area contributed by atoms with E-state index in [1.807, 2.05) is 0 Å². The van der Waals surface area contributed by atoms with Crippen LogP contribution in [-0.4, -0.2) is 6.26 Å². The average Bonchev–Trinajstić information content (AvgIpc) is 2.12. The molecule has 0 unspecified atom stereocenters.